The normalized spacial score (nSPS) is 12.7. The third-order valence-corrected chi connectivity index (χ3v) is 3.54. The van der Waals surface area contributed by atoms with Crippen LogP contribution in [-0.4, -0.2) is 12.5 Å². The number of hydrogen-bond acceptors (Lipinski definition) is 3. The van der Waals surface area contributed by atoms with Crippen LogP contribution in [0, 0.1) is 0 Å². The molecule has 102 valence electrons. The van der Waals surface area contributed by atoms with Gasteiger partial charge in [-0.1, -0.05) is 11.6 Å². The number of nitrogens with one attached hydrogen (secondary N) is 1. The first-order valence-electron chi connectivity index (χ1n) is 6.25. The zero-order valence-corrected chi connectivity index (χ0v) is 11.4. The molecule has 2 aromatic carbocycles. The van der Waals surface area contributed by atoms with Crippen molar-refractivity contribution in [1.29, 1.82) is 0 Å². The molecule has 3 N–H and O–H groups in total. The third-order valence-electron chi connectivity index (χ3n) is 3.21. The lowest BCUT2D eigenvalue weighted by Crippen LogP contribution is -2.12. The highest BCUT2D eigenvalue weighted by Crippen LogP contribution is 2.28. The van der Waals surface area contributed by atoms with Crippen molar-refractivity contribution in [2.24, 2.45) is 0 Å². The molecule has 0 saturated carbocycles. The number of benzene rings is 2. The first-order valence-corrected chi connectivity index (χ1v) is 6.63. The zero-order valence-electron chi connectivity index (χ0n) is 10.7. The Kier molecular flexibility index (Phi) is 3.24. The van der Waals surface area contributed by atoms with Gasteiger partial charge in [-0.2, -0.15) is 0 Å². The van der Waals surface area contributed by atoms with Crippen molar-refractivity contribution in [3.8, 4) is 5.75 Å². The summed E-state index contributed by atoms with van der Waals surface area (Å²) in [5, 5.41) is 3.22. The second kappa shape index (κ2) is 5.06. The van der Waals surface area contributed by atoms with E-state index in [0.717, 1.165) is 23.4 Å². The molecule has 1 aliphatic heterocycles. The van der Waals surface area contributed by atoms with Gasteiger partial charge in [-0.05, 0) is 42.0 Å². The van der Waals surface area contributed by atoms with Crippen LogP contribution in [0.2, 0.25) is 5.02 Å². The molecule has 1 aliphatic rings. The highest BCUT2D eigenvalue weighted by atomic mass is 35.5. The fraction of sp³-hybridized carbons (Fsp3) is 0.133. The molecule has 20 heavy (non-hydrogen) atoms. The molecule has 5 heteroatoms. The number of carbonyl (C=O) groups excluding carboxylic acids is 1. The van der Waals surface area contributed by atoms with Crippen LogP contribution in [-0.2, 0) is 6.42 Å². The van der Waals surface area contributed by atoms with Gasteiger partial charge in [-0.15, -0.1) is 0 Å². The molecule has 2 aromatic rings. The summed E-state index contributed by atoms with van der Waals surface area (Å²) in [7, 11) is 0. The number of halogens is 1. The molecular formula is C15H13ClN2O2. The zero-order chi connectivity index (χ0) is 14.1. The molecule has 4 nitrogen and oxygen atoms in total. The summed E-state index contributed by atoms with van der Waals surface area (Å²) in [5.74, 6) is 0.671. The first-order chi connectivity index (χ1) is 9.63. The second-order valence-corrected chi connectivity index (χ2v) is 5.02. The summed E-state index contributed by atoms with van der Waals surface area (Å²) < 4.78 is 5.43. The van der Waals surface area contributed by atoms with E-state index in [4.69, 9.17) is 22.1 Å². The van der Waals surface area contributed by atoms with Crippen LogP contribution in [0.5, 0.6) is 5.75 Å². The van der Waals surface area contributed by atoms with Gasteiger partial charge in [-0.3, -0.25) is 4.79 Å². The van der Waals surface area contributed by atoms with Crippen LogP contribution in [0.1, 0.15) is 15.9 Å². The molecule has 0 aliphatic carbocycles. The van der Waals surface area contributed by atoms with Gasteiger partial charge < -0.3 is 15.8 Å². The molecule has 0 fully saturated rings. The Balaban J connectivity index is 1.80. The van der Waals surface area contributed by atoms with Crippen LogP contribution in [0.15, 0.2) is 36.4 Å². The highest BCUT2D eigenvalue weighted by Gasteiger charge is 2.14. The van der Waals surface area contributed by atoms with Crippen molar-refractivity contribution in [2.45, 2.75) is 6.42 Å². The fourth-order valence-corrected chi connectivity index (χ4v) is 2.32. The van der Waals surface area contributed by atoms with Crippen molar-refractivity contribution in [2.75, 3.05) is 17.7 Å². The van der Waals surface area contributed by atoms with Gasteiger partial charge in [0.15, 0.2) is 0 Å². The summed E-state index contributed by atoms with van der Waals surface area (Å²) >= 11 is 5.92. The first kappa shape index (κ1) is 12.8. The molecule has 0 spiro atoms. The van der Waals surface area contributed by atoms with Gasteiger partial charge in [0, 0.05) is 17.7 Å². The highest BCUT2D eigenvalue weighted by molar-refractivity contribution is 6.33. The number of hydrogen-bond donors (Lipinski definition) is 2. The predicted octanol–water partition coefficient (Wildman–Crippen LogP) is 3.11. The largest absolute Gasteiger partial charge is 0.493 e. The van der Waals surface area contributed by atoms with Gasteiger partial charge in [0.1, 0.15) is 5.75 Å². The van der Waals surface area contributed by atoms with Crippen LogP contribution in [0.4, 0.5) is 11.4 Å². The van der Waals surface area contributed by atoms with E-state index in [9.17, 15) is 4.79 Å². The molecule has 1 heterocycles. The Bertz CT molecular complexity index is 686. The Morgan fingerprint density at radius 1 is 1.25 bits per heavy atom. The summed E-state index contributed by atoms with van der Waals surface area (Å²) in [5.41, 5.74) is 8.41. The van der Waals surface area contributed by atoms with Crippen molar-refractivity contribution in [1.82, 2.24) is 0 Å². The number of rotatable bonds is 2. The van der Waals surface area contributed by atoms with Gasteiger partial charge in [-0.25, -0.2) is 0 Å². The number of amides is 1. The minimum absolute atomic E-state index is 0.217. The van der Waals surface area contributed by atoms with Crippen molar-refractivity contribution >= 4 is 28.9 Å². The molecule has 0 bridgehead atoms. The maximum Gasteiger partial charge on any atom is 0.255 e. The van der Waals surface area contributed by atoms with E-state index in [1.165, 1.54) is 0 Å². The Morgan fingerprint density at radius 2 is 2.10 bits per heavy atom. The van der Waals surface area contributed by atoms with E-state index in [2.05, 4.69) is 5.32 Å². The molecule has 1 amide bonds. The van der Waals surface area contributed by atoms with E-state index in [-0.39, 0.29) is 5.91 Å². The van der Waals surface area contributed by atoms with Crippen LogP contribution in [0.25, 0.3) is 0 Å². The summed E-state index contributed by atoms with van der Waals surface area (Å²) in [4.78, 5) is 12.1. The average Bonchev–Trinajstić information content (AvgIpc) is 2.89. The van der Waals surface area contributed by atoms with E-state index in [1.54, 1.807) is 18.2 Å². The monoisotopic (exact) mass is 288 g/mol. The molecule has 0 saturated heterocycles. The van der Waals surface area contributed by atoms with Gasteiger partial charge >= 0.3 is 0 Å². The predicted molar refractivity (Wildman–Crippen MR) is 79.5 cm³/mol. The molecule has 3 rings (SSSR count). The Morgan fingerprint density at radius 3 is 2.90 bits per heavy atom. The summed E-state index contributed by atoms with van der Waals surface area (Å²) in [6.45, 7) is 0.695. The minimum Gasteiger partial charge on any atom is -0.493 e. The lowest BCUT2D eigenvalue weighted by atomic mass is 10.1. The SMILES string of the molecule is Nc1ccc(C(=O)Nc2ccc3c(c2)CCO3)cc1Cl. The molecule has 0 atom stereocenters. The lowest BCUT2D eigenvalue weighted by molar-refractivity contribution is 0.102. The number of anilines is 2. The van der Waals surface area contributed by atoms with Crippen LogP contribution in [0.3, 0.4) is 0 Å². The minimum atomic E-state index is -0.217. The second-order valence-electron chi connectivity index (χ2n) is 4.61. The summed E-state index contributed by atoms with van der Waals surface area (Å²) in [6.07, 6.45) is 0.868. The van der Waals surface area contributed by atoms with Gasteiger partial charge in [0.05, 0.1) is 17.3 Å². The van der Waals surface area contributed by atoms with Crippen molar-refractivity contribution in [3.05, 3.63) is 52.5 Å². The molecule has 0 aromatic heterocycles. The van der Waals surface area contributed by atoms with Gasteiger partial charge in [0.25, 0.3) is 5.91 Å². The Labute approximate surface area is 121 Å². The molecule has 0 unspecified atom stereocenters. The van der Waals surface area contributed by atoms with E-state index in [1.807, 2.05) is 18.2 Å². The fourth-order valence-electron chi connectivity index (χ4n) is 2.14. The number of carbonyl (C=O) groups is 1. The van der Waals surface area contributed by atoms with E-state index in [0.29, 0.717) is 22.9 Å². The molecular weight excluding hydrogens is 276 g/mol. The van der Waals surface area contributed by atoms with Crippen LogP contribution >= 0.6 is 11.6 Å². The smallest absolute Gasteiger partial charge is 0.255 e. The third kappa shape index (κ3) is 2.42. The standard InChI is InChI=1S/C15H13ClN2O2/c16-12-8-10(1-3-13(12)17)15(19)18-11-2-4-14-9(7-11)5-6-20-14/h1-4,7-8H,5-6,17H2,(H,18,19). The lowest BCUT2D eigenvalue weighted by Gasteiger charge is -2.08. The topological polar surface area (TPSA) is 64.4 Å². The maximum absolute atomic E-state index is 12.1. The maximum atomic E-state index is 12.1. The number of nitrogen functional groups attached to an aromatic ring is 1. The van der Waals surface area contributed by atoms with Crippen LogP contribution < -0.4 is 15.8 Å². The number of nitrogens with two attached hydrogens (primary N) is 1. The number of fused-ring (bicyclic) bond motifs is 1. The van der Waals surface area contributed by atoms with Crippen molar-refractivity contribution in [3.63, 3.8) is 0 Å². The average molecular weight is 289 g/mol. The quantitative estimate of drug-likeness (QED) is 0.835. The van der Waals surface area contributed by atoms with Gasteiger partial charge in [0.2, 0.25) is 0 Å². The molecule has 0 radical (unpaired) electrons. The Hall–Kier alpha value is -2.20. The van der Waals surface area contributed by atoms with E-state index >= 15 is 0 Å². The number of ether oxygens (including phenoxy) is 1. The van der Waals surface area contributed by atoms with E-state index < -0.39 is 0 Å². The van der Waals surface area contributed by atoms with Crippen molar-refractivity contribution < 1.29 is 9.53 Å². The summed E-state index contributed by atoms with van der Waals surface area (Å²) in [6, 6.07) is 10.4.